The molecule has 0 saturated heterocycles. The molecule has 0 aliphatic rings. The maximum atomic E-state index is 11.9. The average Bonchev–Trinajstić information content (AvgIpc) is 3.04. The van der Waals surface area contributed by atoms with Gasteiger partial charge in [-0.3, -0.25) is 0 Å². The Kier molecular flexibility index (Phi) is 4.04. The van der Waals surface area contributed by atoms with Crippen LogP contribution in [0.5, 0.6) is 5.75 Å². The van der Waals surface area contributed by atoms with Crippen LogP contribution in [0, 0.1) is 6.92 Å². The Balaban J connectivity index is 2.07. The second-order valence-corrected chi connectivity index (χ2v) is 5.94. The molecule has 4 aromatic rings. The van der Waals surface area contributed by atoms with Crippen LogP contribution in [0.15, 0.2) is 54.7 Å². The number of hydrogen-bond acceptors (Lipinski definition) is 5. The molecule has 0 bridgehead atoms. The number of carbonyl (C=O) groups is 1. The first-order chi connectivity index (χ1) is 13.1. The van der Waals surface area contributed by atoms with Crippen LogP contribution in [0.25, 0.3) is 28.1 Å². The van der Waals surface area contributed by atoms with Gasteiger partial charge in [-0.15, -0.1) is 0 Å². The first-order valence-corrected chi connectivity index (χ1v) is 8.28. The summed E-state index contributed by atoms with van der Waals surface area (Å²) < 4.78 is 6.98. The van der Waals surface area contributed by atoms with Gasteiger partial charge in [0.15, 0.2) is 11.5 Å². The van der Waals surface area contributed by atoms with Gasteiger partial charge < -0.3 is 9.84 Å². The molecule has 0 amide bonds. The molecular formula is C20H16N4O3. The van der Waals surface area contributed by atoms with E-state index in [0.717, 1.165) is 0 Å². The number of para-hydroxylation sites is 1. The zero-order chi connectivity index (χ0) is 19.0. The van der Waals surface area contributed by atoms with Crippen molar-refractivity contribution in [3.05, 3.63) is 66.0 Å². The van der Waals surface area contributed by atoms with Gasteiger partial charge in [-0.1, -0.05) is 18.2 Å². The lowest BCUT2D eigenvalue weighted by Gasteiger charge is -2.10. The standard InChI is InChI=1S/C20H16N4O3/c1-12-18-14(20(25)26)11-15(13-7-3-4-8-16(13)27-2)22-19(18)24(23-12)17-9-5-6-10-21-17/h3-11H,1-2H3,(H,25,26). The van der Waals surface area contributed by atoms with Gasteiger partial charge in [-0.25, -0.2) is 14.8 Å². The van der Waals surface area contributed by atoms with E-state index in [2.05, 4.69) is 10.1 Å². The maximum absolute atomic E-state index is 11.9. The number of aromatic nitrogens is 4. The average molecular weight is 360 g/mol. The quantitative estimate of drug-likeness (QED) is 0.599. The van der Waals surface area contributed by atoms with Crippen LogP contribution in [0.2, 0.25) is 0 Å². The number of nitrogens with zero attached hydrogens (tertiary/aromatic N) is 4. The van der Waals surface area contributed by atoms with E-state index in [1.807, 2.05) is 30.3 Å². The van der Waals surface area contributed by atoms with Gasteiger partial charge in [0.25, 0.3) is 0 Å². The fourth-order valence-electron chi connectivity index (χ4n) is 3.09. The Morgan fingerprint density at radius 2 is 1.93 bits per heavy atom. The predicted molar refractivity (Wildman–Crippen MR) is 100 cm³/mol. The Bertz CT molecular complexity index is 1150. The summed E-state index contributed by atoms with van der Waals surface area (Å²) in [5.74, 6) is 0.139. The Labute approximate surface area is 154 Å². The molecule has 0 aliphatic heterocycles. The van der Waals surface area contributed by atoms with Crippen molar-refractivity contribution in [1.29, 1.82) is 0 Å². The number of benzene rings is 1. The van der Waals surface area contributed by atoms with Crippen molar-refractivity contribution < 1.29 is 14.6 Å². The summed E-state index contributed by atoms with van der Waals surface area (Å²) in [4.78, 5) is 21.0. The molecule has 0 unspecified atom stereocenters. The van der Waals surface area contributed by atoms with Gasteiger partial charge in [0, 0.05) is 11.8 Å². The molecule has 0 saturated carbocycles. The summed E-state index contributed by atoms with van der Waals surface area (Å²) in [7, 11) is 1.57. The second kappa shape index (κ2) is 6.53. The SMILES string of the molecule is COc1ccccc1-c1cc(C(=O)O)c2c(C)nn(-c3ccccn3)c2n1. The number of fused-ring (bicyclic) bond motifs is 1. The highest BCUT2D eigenvalue weighted by atomic mass is 16.5. The van der Waals surface area contributed by atoms with Gasteiger partial charge in [0.05, 0.1) is 29.4 Å². The number of carboxylic acid groups (broad SMARTS) is 1. The third-order valence-electron chi connectivity index (χ3n) is 4.29. The van der Waals surface area contributed by atoms with Gasteiger partial charge in [-0.05, 0) is 37.3 Å². The smallest absolute Gasteiger partial charge is 0.336 e. The molecule has 1 aromatic carbocycles. The zero-order valence-corrected chi connectivity index (χ0v) is 14.7. The lowest BCUT2D eigenvalue weighted by atomic mass is 10.0. The number of carboxylic acids is 1. The first-order valence-electron chi connectivity index (χ1n) is 8.28. The highest BCUT2D eigenvalue weighted by Crippen LogP contribution is 2.32. The van der Waals surface area contributed by atoms with Crippen LogP contribution in [-0.2, 0) is 0 Å². The molecule has 134 valence electrons. The normalized spacial score (nSPS) is 10.9. The number of ether oxygens (including phenoxy) is 1. The monoisotopic (exact) mass is 360 g/mol. The highest BCUT2D eigenvalue weighted by molar-refractivity contribution is 6.04. The first kappa shape index (κ1) is 16.7. The van der Waals surface area contributed by atoms with E-state index in [9.17, 15) is 9.90 Å². The van der Waals surface area contributed by atoms with E-state index in [4.69, 9.17) is 9.72 Å². The van der Waals surface area contributed by atoms with Crippen molar-refractivity contribution in [2.45, 2.75) is 6.92 Å². The molecule has 0 fully saturated rings. The van der Waals surface area contributed by atoms with Crippen molar-refractivity contribution in [1.82, 2.24) is 19.7 Å². The number of aromatic carboxylic acids is 1. The molecular weight excluding hydrogens is 344 g/mol. The van der Waals surface area contributed by atoms with E-state index < -0.39 is 5.97 Å². The van der Waals surface area contributed by atoms with Crippen LogP contribution >= 0.6 is 0 Å². The summed E-state index contributed by atoms with van der Waals surface area (Å²) >= 11 is 0. The lowest BCUT2D eigenvalue weighted by Crippen LogP contribution is -2.04. The lowest BCUT2D eigenvalue weighted by molar-refractivity contribution is 0.0699. The minimum atomic E-state index is -1.04. The van der Waals surface area contributed by atoms with Crippen LogP contribution in [-0.4, -0.2) is 37.9 Å². The van der Waals surface area contributed by atoms with Crippen molar-refractivity contribution in [3.63, 3.8) is 0 Å². The minimum Gasteiger partial charge on any atom is -0.496 e. The Morgan fingerprint density at radius 3 is 2.63 bits per heavy atom. The predicted octanol–water partition coefficient (Wildman–Crippen LogP) is 3.50. The van der Waals surface area contributed by atoms with Gasteiger partial charge in [0.1, 0.15) is 5.75 Å². The second-order valence-electron chi connectivity index (χ2n) is 5.94. The summed E-state index contributed by atoms with van der Waals surface area (Å²) in [6, 6.07) is 14.3. The number of pyridine rings is 2. The summed E-state index contributed by atoms with van der Waals surface area (Å²) in [6.07, 6.45) is 1.65. The van der Waals surface area contributed by atoms with E-state index in [-0.39, 0.29) is 5.56 Å². The molecule has 27 heavy (non-hydrogen) atoms. The summed E-state index contributed by atoms with van der Waals surface area (Å²) in [5.41, 5.74) is 2.35. The molecule has 0 aliphatic carbocycles. The molecule has 1 N–H and O–H groups in total. The highest BCUT2D eigenvalue weighted by Gasteiger charge is 2.21. The van der Waals surface area contributed by atoms with Crippen LogP contribution in [0.3, 0.4) is 0 Å². The fourth-order valence-corrected chi connectivity index (χ4v) is 3.09. The van der Waals surface area contributed by atoms with Crippen LogP contribution < -0.4 is 4.74 Å². The number of hydrogen-bond donors (Lipinski definition) is 1. The molecule has 0 spiro atoms. The molecule has 3 heterocycles. The number of rotatable bonds is 4. The van der Waals surface area contributed by atoms with Crippen LogP contribution in [0.4, 0.5) is 0 Å². The van der Waals surface area contributed by atoms with Gasteiger partial charge in [-0.2, -0.15) is 9.78 Å². The molecule has 4 rings (SSSR count). The maximum Gasteiger partial charge on any atom is 0.336 e. The van der Waals surface area contributed by atoms with Gasteiger partial charge in [0.2, 0.25) is 0 Å². The summed E-state index contributed by atoms with van der Waals surface area (Å²) in [5, 5.41) is 14.7. The topological polar surface area (TPSA) is 90.1 Å². The minimum absolute atomic E-state index is 0.139. The van der Waals surface area contributed by atoms with Gasteiger partial charge >= 0.3 is 5.97 Å². The van der Waals surface area contributed by atoms with E-state index >= 15 is 0 Å². The molecule has 0 radical (unpaired) electrons. The van der Waals surface area contributed by atoms with E-state index in [1.165, 1.54) is 0 Å². The summed E-state index contributed by atoms with van der Waals surface area (Å²) in [6.45, 7) is 1.76. The molecule has 7 nitrogen and oxygen atoms in total. The Hall–Kier alpha value is -3.74. The van der Waals surface area contributed by atoms with E-state index in [0.29, 0.717) is 39.6 Å². The van der Waals surface area contributed by atoms with Crippen molar-refractivity contribution in [2.24, 2.45) is 0 Å². The third kappa shape index (κ3) is 2.79. The fraction of sp³-hybridized carbons (Fsp3) is 0.100. The zero-order valence-electron chi connectivity index (χ0n) is 14.7. The van der Waals surface area contributed by atoms with Crippen molar-refractivity contribution in [3.8, 4) is 22.8 Å². The van der Waals surface area contributed by atoms with Crippen molar-refractivity contribution in [2.75, 3.05) is 7.11 Å². The number of methoxy groups -OCH3 is 1. The third-order valence-corrected chi connectivity index (χ3v) is 4.29. The largest absolute Gasteiger partial charge is 0.496 e. The molecule has 7 heteroatoms. The van der Waals surface area contributed by atoms with E-state index in [1.54, 1.807) is 43.1 Å². The van der Waals surface area contributed by atoms with Crippen molar-refractivity contribution >= 4 is 17.0 Å². The molecule has 3 aromatic heterocycles. The molecule has 0 atom stereocenters. The number of aryl methyl sites for hydroxylation is 1. The van der Waals surface area contributed by atoms with Crippen LogP contribution in [0.1, 0.15) is 16.1 Å². The Morgan fingerprint density at radius 1 is 1.15 bits per heavy atom.